The number of nitrogens with zero attached hydrogens (tertiary/aromatic N) is 4. The first-order valence-electron chi connectivity index (χ1n) is 8.42. The first-order valence-corrected chi connectivity index (χ1v) is 8.80. The molecule has 0 bridgehead atoms. The van der Waals surface area contributed by atoms with Gasteiger partial charge in [-0.25, -0.2) is 4.39 Å². The maximum Gasteiger partial charge on any atom is 0.231 e. The molecule has 1 atom stereocenters. The molecule has 134 valence electrons. The number of aromatic nitrogens is 3. The summed E-state index contributed by atoms with van der Waals surface area (Å²) in [7, 11) is 0. The van der Waals surface area contributed by atoms with E-state index in [1.165, 1.54) is 18.2 Å². The van der Waals surface area contributed by atoms with Crippen LogP contribution in [0.15, 0.2) is 42.6 Å². The van der Waals surface area contributed by atoms with Crippen LogP contribution in [0, 0.1) is 11.7 Å². The Kier molecular flexibility index (Phi) is 4.46. The third kappa shape index (κ3) is 3.22. The fourth-order valence-corrected chi connectivity index (χ4v) is 3.42. The molecular weight excluding hydrogens is 357 g/mol. The zero-order chi connectivity index (χ0) is 18.1. The number of rotatable bonds is 3. The number of nitrogens with one attached hydrogen (secondary N) is 1. The van der Waals surface area contributed by atoms with Crippen molar-refractivity contribution >= 4 is 34.8 Å². The molecule has 0 spiro atoms. The highest BCUT2D eigenvalue weighted by molar-refractivity contribution is 6.30. The standard InChI is InChI=1S/C18H17ClFN5O/c19-13-6-7-14(20)15(10-13)21-17(26)12-4-3-8-24(11-12)18-23-22-16-5-1-2-9-25(16)18/h1-2,5-7,9-10,12H,3-4,8,11H2,(H,21,26). The van der Waals surface area contributed by atoms with Crippen molar-refractivity contribution in [3.63, 3.8) is 0 Å². The average molecular weight is 374 g/mol. The molecule has 1 saturated heterocycles. The summed E-state index contributed by atoms with van der Waals surface area (Å²) in [5.41, 5.74) is 0.864. The summed E-state index contributed by atoms with van der Waals surface area (Å²) < 4.78 is 15.8. The summed E-state index contributed by atoms with van der Waals surface area (Å²) in [6.07, 6.45) is 3.48. The van der Waals surface area contributed by atoms with Crippen molar-refractivity contribution in [3.05, 3.63) is 53.4 Å². The zero-order valence-corrected chi connectivity index (χ0v) is 14.7. The molecule has 1 aromatic carbocycles. The van der Waals surface area contributed by atoms with Crippen molar-refractivity contribution in [2.75, 3.05) is 23.3 Å². The van der Waals surface area contributed by atoms with Crippen LogP contribution in [0.2, 0.25) is 5.02 Å². The molecule has 3 aromatic rings. The number of fused-ring (bicyclic) bond motifs is 1. The molecule has 6 nitrogen and oxygen atoms in total. The highest BCUT2D eigenvalue weighted by Gasteiger charge is 2.28. The van der Waals surface area contributed by atoms with Crippen LogP contribution in [0.5, 0.6) is 0 Å². The van der Waals surface area contributed by atoms with Gasteiger partial charge in [0, 0.05) is 24.3 Å². The second kappa shape index (κ2) is 6.92. The second-order valence-corrected chi connectivity index (χ2v) is 6.76. The second-order valence-electron chi connectivity index (χ2n) is 6.33. The van der Waals surface area contributed by atoms with E-state index in [2.05, 4.69) is 15.5 Å². The third-order valence-electron chi connectivity index (χ3n) is 4.56. The Morgan fingerprint density at radius 1 is 1.27 bits per heavy atom. The van der Waals surface area contributed by atoms with Crippen LogP contribution in [-0.4, -0.2) is 33.6 Å². The predicted octanol–water partition coefficient (Wildman–Crippen LogP) is 3.38. The Bertz CT molecular complexity index is 960. The van der Waals surface area contributed by atoms with Gasteiger partial charge in [0.25, 0.3) is 0 Å². The fourth-order valence-electron chi connectivity index (χ4n) is 3.25. The zero-order valence-electron chi connectivity index (χ0n) is 13.9. The molecule has 1 unspecified atom stereocenters. The van der Waals surface area contributed by atoms with Gasteiger partial charge in [0.15, 0.2) is 5.65 Å². The summed E-state index contributed by atoms with van der Waals surface area (Å²) in [5.74, 6) is -0.270. The van der Waals surface area contributed by atoms with Gasteiger partial charge in [0.1, 0.15) is 5.82 Å². The number of pyridine rings is 1. The lowest BCUT2D eigenvalue weighted by Gasteiger charge is -2.32. The number of anilines is 2. The number of benzene rings is 1. The number of hydrogen-bond acceptors (Lipinski definition) is 4. The molecule has 1 aliphatic rings. The molecule has 8 heteroatoms. The maximum atomic E-state index is 13.9. The summed E-state index contributed by atoms with van der Waals surface area (Å²) in [6.45, 7) is 1.30. The lowest BCUT2D eigenvalue weighted by molar-refractivity contribution is -0.120. The first-order chi connectivity index (χ1) is 12.6. The molecule has 2 aromatic heterocycles. The van der Waals surface area contributed by atoms with E-state index in [0.717, 1.165) is 25.0 Å². The lowest BCUT2D eigenvalue weighted by atomic mass is 9.97. The summed E-state index contributed by atoms with van der Waals surface area (Å²) in [5, 5.41) is 11.4. The quantitative estimate of drug-likeness (QED) is 0.764. The highest BCUT2D eigenvalue weighted by atomic mass is 35.5. The van der Waals surface area contributed by atoms with Crippen molar-refractivity contribution in [1.29, 1.82) is 0 Å². The fraction of sp³-hybridized carbons (Fsp3) is 0.278. The minimum atomic E-state index is -0.501. The Morgan fingerprint density at radius 3 is 3.04 bits per heavy atom. The van der Waals surface area contributed by atoms with Crippen LogP contribution in [0.1, 0.15) is 12.8 Å². The van der Waals surface area contributed by atoms with Crippen molar-refractivity contribution in [2.24, 2.45) is 5.92 Å². The summed E-state index contributed by atoms with van der Waals surface area (Å²) >= 11 is 5.89. The average Bonchev–Trinajstić information content (AvgIpc) is 3.09. The van der Waals surface area contributed by atoms with Gasteiger partial charge in [-0.3, -0.25) is 9.20 Å². The Morgan fingerprint density at radius 2 is 2.15 bits per heavy atom. The normalized spacial score (nSPS) is 17.5. The van der Waals surface area contributed by atoms with Gasteiger partial charge >= 0.3 is 0 Å². The van der Waals surface area contributed by atoms with E-state index in [0.29, 0.717) is 17.5 Å². The monoisotopic (exact) mass is 373 g/mol. The molecule has 1 N–H and O–H groups in total. The number of amides is 1. The maximum absolute atomic E-state index is 13.9. The number of halogens is 2. The van der Waals surface area contributed by atoms with E-state index in [-0.39, 0.29) is 17.5 Å². The topological polar surface area (TPSA) is 62.5 Å². The smallest absolute Gasteiger partial charge is 0.231 e. The van der Waals surface area contributed by atoms with E-state index in [1.807, 2.05) is 33.7 Å². The molecular formula is C18H17ClFN5O. The van der Waals surface area contributed by atoms with Crippen LogP contribution in [0.25, 0.3) is 5.65 Å². The summed E-state index contributed by atoms with van der Waals surface area (Å²) in [6, 6.07) is 9.81. The highest BCUT2D eigenvalue weighted by Crippen LogP contribution is 2.25. The van der Waals surface area contributed by atoms with E-state index in [4.69, 9.17) is 11.6 Å². The van der Waals surface area contributed by atoms with Gasteiger partial charge in [-0.15, -0.1) is 10.2 Å². The van der Waals surface area contributed by atoms with Crippen molar-refractivity contribution in [3.8, 4) is 0 Å². The molecule has 1 amide bonds. The van der Waals surface area contributed by atoms with Crippen LogP contribution < -0.4 is 10.2 Å². The Balaban J connectivity index is 1.51. The minimum absolute atomic E-state index is 0.104. The lowest BCUT2D eigenvalue weighted by Crippen LogP contribution is -2.41. The van der Waals surface area contributed by atoms with E-state index < -0.39 is 5.82 Å². The predicted molar refractivity (Wildman–Crippen MR) is 98.0 cm³/mol. The molecule has 1 aliphatic heterocycles. The van der Waals surface area contributed by atoms with Gasteiger partial charge in [0.2, 0.25) is 11.9 Å². The largest absolute Gasteiger partial charge is 0.340 e. The van der Waals surface area contributed by atoms with E-state index in [1.54, 1.807) is 0 Å². The third-order valence-corrected chi connectivity index (χ3v) is 4.79. The van der Waals surface area contributed by atoms with Gasteiger partial charge in [-0.1, -0.05) is 17.7 Å². The molecule has 4 rings (SSSR count). The van der Waals surface area contributed by atoms with Crippen LogP contribution in [0.4, 0.5) is 16.0 Å². The molecule has 0 aliphatic carbocycles. The molecule has 26 heavy (non-hydrogen) atoms. The van der Waals surface area contributed by atoms with Crippen LogP contribution >= 0.6 is 11.6 Å². The van der Waals surface area contributed by atoms with Crippen LogP contribution in [-0.2, 0) is 4.79 Å². The van der Waals surface area contributed by atoms with Crippen LogP contribution in [0.3, 0.4) is 0 Å². The van der Waals surface area contributed by atoms with Gasteiger partial charge in [0.05, 0.1) is 11.6 Å². The van der Waals surface area contributed by atoms with E-state index in [9.17, 15) is 9.18 Å². The Hall–Kier alpha value is -2.67. The number of hydrogen-bond donors (Lipinski definition) is 1. The van der Waals surface area contributed by atoms with Gasteiger partial charge in [-0.05, 0) is 43.2 Å². The SMILES string of the molecule is O=C(Nc1cc(Cl)ccc1F)C1CCCN(c2nnc3ccccn23)C1. The first kappa shape index (κ1) is 16.8. The summed E-state index contributed by atoms with van der Waals surface area (Å²) in [4.78, 5) is 14.7. The number of piperidine rings is 1. The van der Waals surface area contributed by atoms with Gasteiger partial charge < -0.3 is 10.2 Å². The van der Waals surface area contributed by atoms with E-state index >= 15 is 0 Å². The minimum Gasteiger partial charge on any atom is -0.340 e. The number of carbonyl (C=O) groups is 1. The molecule has 3 heterocycles. The van der Waals surface area contributed by atoms with Crippen molar-refractivity contribution < 1.29 is 9.18 Å². The van der Waals surface area contributed by atoms with Crippen molar-refractivity contribution in [2.45, 2.75) is 12.8 Å². The Labute approximate surface area is 154 Å². The molecule has 1 fully saturated rings. The number of carbonyl (C=O) groups excluding carboxylic acids is 1. The van der Waals surface area contributed by atoms with Gasteiger partial charge in [-0.2, -0.15) is 0 Å². The van der Waals surface area contributed by atoms with Crippen molar-refractivity contribution in [1.82, 2.24) is 14.6 Å². The molecule has 0 radical (unpaired) electrons. The molecule has 0 saturated carbocycles.